The predicted molar refractivity (Wildman–Crippen MR) is 83.5 cm³/mol. The van der Waals surface area contributed by atoms with Crippen LogP contribution in [0.4, 0.5) is 32.2 Å². The first-order valence-electron chi connectivity index (χ1n) is 6.70. The van der Waals surface area contributed by atoms with E-state index in [4.69, 9.17) is 11.6 Å². The fourth-order valence-corrected chi connectivity index (χ4v) is 2.53. The summed E-state index contributed by atoms with van der Waals surface area (Å²) in [6, 6.07) is 0.819. The molecule has 0 aliphatic carbocycles. The number of hydrogen-bond acceptors (Lipinski definition) is 5. The van der Waals surface area contributed by atoms with Crippen molar-refractivity contribution in [3.8, 4) is 0 Å². The summed E-state index contributed by atoms with van der Waals surface area (Å²) >= 11 is 6.10. The third kappa shape index (κ3) is 5.85. The third-order valence-corrected chi connectivity index (χ3v) is 3.94. The summed E-state index contributed by atoms with van der Waals surface area (Å²) in [4.78, 5) is 31.6. The molecule has 0 bridgehead atoms. The van der Waals surface area contributed by atoms with Crippen LogP contribution in [-0.2, 0) is 17.1 Å². The molecule has 0 aliphatic heterocycles. The van der Waals surface area contributed by atoms with Crippen LogP contribution in [0.5, 0.6) is 0 Å². The van der Waals surface area contributed by atoms with E-state index in [1.807, 2.05) is 4.98 Å². The minimum atomic E-state index is -4.84. The number of carbonyl (C=O) groups excluding carboxylic acids is 1. The molecule has 0 fully saturated rings. The van der Waals surface area contributed by atoms with Gasteiger partial charge in [-0.05, 0) is 6.07 Å². The quantitative estimate of drug-likeness (QED) is 0.438. The van der Waals surface area contributed by atoms with E-state index in [1.54, 1.807) is 0 Å². The van der Waals surface area contributed by atoms with Gasteiger partial charge in [0.05, 0.1) is 16.3 Å². The summed E-state index contributed by atoms with van der Waals surface area (Å²) < 4.78 is 75.3. The molecular weight excluding hydrogens is 426 g/mol. The number of halogens is 7. The highest BCUT2D eigenvalue weighted by atomic mass is 35.5. The standard InChI is InChI=1S/C13H7ClF6N4O2S/c14-6-1-5(12(15,16)17)3-21-10(6)23-9(26)4-27-11-22-7(13(18,19)20)2-8(25)24-11/h1-3H,4H2,(H,21,23,26)(H,22,24,25). The van der Waals surface area contributed by atoms with E-state index in [9.17, 15) is 35.9 Å². The molecule has 2 aromatic heterocycles. The van der Waals surface area contributed by atoms with Gasteiger partial charge in [-0.15, -0.1) is 0 Å². The van der Waals surface area contributed by atoms with Crippen molar-refractivity contribution in [2.45, 2.75) is 17.5 Å². The van der Waals surface area contributed by atoms with Crippen LogP contribution in [0.25, 0.3) is 0 Å². The monoisotopic (exact) mass is 432 g/mol. The first-order valence-corrected chi connectivity index (χ1v) is 8.06. The second kappa shape index (κ2) is 7.76. The van der Waals surface area contributed by atoms with Crippen LogP contribution in [0, 0.1) is 0 Å². The summed E-state index contributed by atoms with van der Waals surface area (Å²) in [6.45, 7) is 0. The van der Waals surface area contributed by atoms with E-state index < -0.39 is 51.0 Å². The van der Waals surface area contributed by atoms with Gasteiger partial charge in [0.2, 0.25) is 5.91 Å². The lowest BCUT2D eigenvalue weighted by molar-refractivity contribution is -0.141. The second-order valence-electron chi connectivity index (χ2n) is 4.82. The zero-order valence-corrected chi connectivity index (χ0v) is 14.3. The minimum absolute atomic E-state index is 0.260. The third-order valence-electron chi connectivity index (χ3n) is 2.78. The normalized spacial score (nSPS) is 12.1. The molecule has 27 heavy (non-hydrogen) atoms. The Morgan fingerprint density at radius 3 is 2.41 bits per heavy atom. The van der Waals surface area contributed by atoms with Gasteiger partial charge in [-0.3, -0.25) is 9.59 Å². The number of anilines is 1. The average Bonchev–Trinajstić information content (AvgIpc) is 2.52. The van der Waals surface area contributed by atoms with Crippen LogP contribution in [0.3, 0.4) is 0 Å². The lowest BCUT2D eigenvalue weighted by Gasteiger charge is -2.10. The summed E-state index contributed by atoms with van der Waals surface area (Å²) in [6.07, 6.45) is -9.06. The SMILES string of the molecule is O=C(CSc1nc(C(F)(F)F)cc(=O)[nH]1)Nc1ncc(C(F)(F)F)cc1Cl. The molecule has 0 saturated carbocycles. The van der Waals surface area contributed by atoms with Crippen LogP contribution in [0.1, 0.15) is 11.3 Å². The lowest BCUT2D eigenvalue weighted by Crippen LogP contribution is -2.19. The molecule has 0 radical (unpaired) electrons. The van der Waals surface area contributed by atoms with Crippen molar-refractivity contribution >= 4 is 35.1 Å². The molecule has 2 heterocycles. The molecule has 0 spiro atoms. The van der Waals surface area contributed by atoms with Crippen molar-refractivity contribution < 1.29 is 31.1 Å². The molecule has 0 saturated heterocycles. The fraction of sp³-hybridized carbons (Fsp3) is 0.231. The van der Waals surface area contributed by atoms with Crippen molar-refractivity contribution in [1.29, 1.82) is 0 Å². The van der Waals surface area contributed by atoms with E-state index in [-0.39, 0.29) is 11.9 Å². The summed E-state index contributed by atoms with van der Waals surface area (Å²) in [7, 11) is 0. The topological polar surface area (TPSA) is 87.7 Å². The zero-order chi connectivity index (χ0) is 20.4. The molecule has 0 aromatic carbocycles. The zero-order valence-electron chi connectivity index (χ0n) is 12.7. The molecular formula is C13H7ClF6N4O2S. The van der Waals surface area contributed by atoms with E-state index in [2.05, 4.69) is 15.3 Å². The Morgan fingerprint density at radius 2 is 1.85 bits per heavy atom. The smallest absolute Gasteiger partial charge is 0.309 e. The molecule has 2 aromatic rings. The fourth-order valence-electron chi connectivity index (χ4n) is 1.64. The number of alkyl halides is 6. The van der Waals surface area contributed by atoms with Crippen LogP contribution < -0.4 is 10.9 Å². The van der Waals surface area contributed by atoms with E-state index in [0.29, 0.717) is 24.0 Å². The molecule has 14 heteroatoms. The highest BCUT2D eigenvalue weighted by molar-refractivity contribution is 7.99. The van der Waals surface area contributed by atoms with Gasteiger partial charge in [0.25, 0.3) is 5.56 Å². The number of nitrogens with one attached hydrogen (secondary N) is 2. The lowest BCUT2D eigenvalue weighted by atomic mass is 10.3. The summed E-state index contributed by atoms with van der Waals surface area (Å²) in [5.74, 6) is -1.71. The van der Waals surface area contributed by atoms with Gasteiger partial charge >= 0.3 is 12.4 Å². The molecule has 0 unspecified atom stereocenters. The van der Waals surface area contributed by atoms with Crippen molar-refractivity contribution in [2.24, 2.45) is 0 Å². The maximum absolute atomic E-state index is 12.6. The summed E-state index contributed by atoms with van der Waals surface area (Å²) in [5, 5.41) is 1.17. The number of aromatic nitrogens is 3. The first kappa shape index (κ1) is 21.0. The molecule has 146 valence electrons. The molecule has 1 amide bonds. The van der Waals surface area contributed by atoms with Gasteiger partial charge in [-0.2, -0.15) is 26.3 Å². The van der Waals surface area contributed by atoms with E-state index >= 15 is 0 Å². The van der Waals surface area contributed by atoms with Crippen molar-refractivity contribution in [1.82, 2.24) is 15.0 Å². The molecule has 0 atom stereocenters. The number of thioether (sulfide) groups is 1. The van der Waals surface area contributed by atoms with Crippen molar-refractivity contribution in [2.75, 3.05) is 11.1 Å². The summed E-state index contributed by atoms with van der Waals surface area (Å²) in [5.41, 5.74) is -3.61. The van der Waals surface area contributed by atoms with Gasteiger partial charge in [-0.1, -0.05) is 23.4 Å². The number of carbonyl (C=O) groups is 1. The van der Waals surface area contributed by atoms with E-state index in [0.717, 1.165) is 0 Å². The van der Waals surface area contributed by atoms with Gasteiger partial charge < -0.3 is 10.3 Å². The van der Waals surface area contributed by atoms with E-state index in [1.165, 1.54) is 0 Å². The molecule has 2 N–H and O–H groups in total. The molecule has 0 aliphatic rings. The highest BCUT2D eigenvalue weighted by Crippen LogP contribution is 2.32. The first-order chi connectivity index (χ1) is 12.4. The number of H-pyrrole nitrogens is 1. The Labute approximate surface area is 155 Å². The molecule has 2 rings (SSSR count). The van der Waals surface area contributed by atoms with Gasteiger partial charge in [0.15, 0.2) is 16.7 Å². The van der Waals surface area contributed by atoms with Crippen LogP contribution in [0.15, 0.2) is 28.3 Å². The largest absolute Gasteiger partial charge is 0.433 e. The Hall–Kier alpha value is -2.28. The average molecular weight is 433 g/mol. The Balaban J connectivity index is 2.05. The molecule has 6 nitrogen and oxygen atoms in total. The van der Waals surface area contributed by atoms with Crippen molar-refractivity contribution in [3.05, 3.63) is 45.0 Å². The number of aromatic amines is 1. The van der Waals surface area contributed by atoms with Gasteiger partial charge in [0, 0.05) is 12.3 Å². The Kier molecular flexibility index (Phi) is 6.04. The second-order valence-corrected chi connectivity index (χ2v) is 6.19. The highest BCUT2D eigenvalue weighted by Gasteiger charge is 2.34. The maximum Gasteiger partial charge on any atom is 0.433 e. The number of nitrogens with zero attached hydrogens (tertiary/aromatic N) is 2. The van der Waals surface area contributed by atoms with Crippen molar-refractivity contribution in [3.63, 3.8) is 0 Å². The number of rotatable bonds is 4. The maximum atomic E-state index is 12.6. The van der Waals surface area contributed by atoms with Crippen LogP contribution in [0.2, 0.25) is 5.02 Å². The predicted octanol–water partition coefficient (Wildman–Crippen LogP) is 3.59. The Bertz CT molecular complexity index is 915. The minimum Gasteiger partial charge on any atom is -0.309 e. The Morgan fingerprint density at radius 1 is 1.19 bits per heavy atom. The van der Waals surface area contributed by atoms with Crippen LogP contribution in [-0.4, -0.2) is 26.6 Å². The van der Waals surface area contributed by atoms with Gasteiger partial charge in [0.1, 0.15) is 0 Å². The number of amides is 1. The van der Waals surface area contributed by atoms with Gasteiger partial charge in [-0.25, -0.2) is 9.97 Å². The van der Waals surface area contributed by atoms with Crippen LogP contribution >= 0.6 is 23.4 Å². The number of pyridine rings is 1. The number of hydrogen-bond donors (Lipinski definition) is 2.